The second-order valence-electron chi connectivity index (χ2n) is 8.94. The van der Waals surface area contributed by atoms with E-state index in [1.54, 1.807) is 0 Å². The summed E-state index contributed by atoms with van der Waals surface area (Å²) in [7, 11) is 0. The van der Waals surface area contributed by atoms with E-state index in [-0.39, 0.29) is 5.92 Å². The average Bonchev–Trinajstić information content (AvgIpc) is 2.74. The molecule has 0 heterocycles. The van der Waals surface area contributed by atoms with Gasteiger partial charge in [-0.3, -0.25) is 0 Å². The molecule has 0 saturated carbocycles. The number of hydrogen-bond acceptors (Lipinski definition) is 0. The highest BCUT2D eigenvalue weighted by Crippen LogP contribution is 2.14. The first kappa shape index (κ1) is 28.1. The van der Waals surface area contributed by atoms with Crippen LogP contribution in [-0.4, -0.2) is 0 Å². The van der Waals surface area contributed by atoms with Gasteiger partial charge in [0.15, 0.2) is 0 Å². The molecule has 0 aliphatic rings. The summed E-state index contributed by atoms with van der Waals surface area (Å²) in [5.74, 6) is 9.79. The van der Waals surface area contributed by atoms with Gasteiger partial charge in [0, 0.05) is 6.42 Å². The highest BCUT2D eigenvalue weighted by atomic mass is 14.0. The minimum absolute atomic E-state index is 0.187. The molecule has 168 valence electrons. The molecule has 29 heavy (non-hydrogen) atoms. The normalized spacial score (nSPS) is 11.6. The highest BCUT2D eigenvalue weighted by molar-refractivity contribution is 5.14. The van der Waals surface area contributed by atoms with Crippen molar-refractivity contribution in [2.24, 2.45) is 5.92 Å². The lowest BCUT2D eigenvalue weighted by Crippen LogP contribution is -1.93. The maximum atomic E-state index is 5.68. The van der Waals surface area contributed by atoms with Crippen LogP contribution < -0.4 is 0 Å². The molecule has 0 N–H and O–H groups in total. The van der Waals surface area contributed by atoms with Gasteiger partial charge < -0.3 is 0 Å². The number of hydrogen-bond donors (Lipinski definition) is 0. The van der Waals surface area contributed by atoms with Crippen LogP contribution in [0.4, 0.5) is 0 Å². The quantitative estimate of drug-likeness (QED) is 0.133. The Balaban J connectivity index is 3.42. The molecule has 1 atom stereocenters. The smallest absolute Gasteiger partial charge is 0.0808 e. The van der Waals surface area contributed by atoms with Gasteiger partial charge in [-0.1, -0.05) is 148 Å². The molecule has 0 radical (unpaired) electrons. The van der Waals surface area contributed by atoms with Crippen molar-refractivity contribution in [3.8, 4) is 24.2 Å². The molecule has 0 rings (SSSR count). The summed E-state index contributed by atoms with van der Waals surface area (Å²) < 4.78 is 0. The average molecular weight is 401 g/mol. The maximum absolute atomic E-state index is 5.68. The number of terminal acetylenes is 1. The first-order chi connectivity index (χ1) is 14.3. The molecule has 0 aromatic rings. The molecular weight excluding hydrogens is 348 g/mol. The zero-order valence-corrected chi connectivity index (χ0v) is 20.2. The minimum atomic E-state index is 0.187. The SMILES string of the molecule is C#CC(C#CCCCCCCCCCCCC)CCCCCCCCCCCC. The number of rotatable bonds is 21. The molecule has 0 bridgehead atoms. The second-order valence-corrected chi connectivity index (χ2v) is 8.94. The first-order valence-electron chi connectivity index (χ1n) is 13.3. The Morgan fingerprint density at radius 1 is 0.517 bits per heavy atom. The van der Waals surface area contributed by atoms with Crippen LogP contribution in [0.3, 0.4) is 0 Å². The predicted molar refractivity (Wildman–Crippen MR) is 133 cm³/mol. The minimum Gasteiger partial charge on any atom is -0.119 e. The van der Waals surface area contributed by atoms with Gasteiger partial charge in [-0.2, -0.15) is 0 Å². The zero-order valence-electron chi connectivity index (χ0n) is 20.2. The summed E-state index contributed by atoms with van der Waals surface area (Å²) in [6, 6.07) is 0. The van der Waals surface area contributed by atoms with E-state index < -0.39 is 0 Å². The van der Waals surface area contributed by atoms with Gasteiger partial charge in [-0.25, -0.2) is 0 Å². The predicted octanol–water partition coefficient (Wildman–Crippen LogP) is 9.86. The zero-order chi connectivity index (χ0) is 21.3. The lowest BCUT2D eigenvalue weighted by Gasteiger charge is -2.04. The van der Waals surface area contributed by atoms with Crippen molar-refractivity contribution in [1.29, 1.82) is 0 Å². The van der Waals surface area contributed by atoms with E-state index in [1.807, 2.05) is 0 Å². The molecule has 0 aliphatic carbocycles. The van der Waals surface area contributed by atoms with Gasteiger partial charge in [0.05, 0.1) is 5.92 Å². The molecule has 0 aromatic carbocycles. The lowest BCUT2D eigenvalue weighted by molar-refractivity contribution is 0.542. The van der Waals surface area contributed by atoms with Gasteiger partial charge in [0.25, 0.3) is 0 Å². The summed E-state index contributed by atoms with van der Waals surface area (Å²) in [4.78, 5) is 0. The van der Waals surface area contributed by atoms with Crippen LogP contribution in [0.15, 0.2) is 0 Å². The van der Waals surface area contributed by atoms with Crippen LogP contribution in [0.25, 0.3) is 0 Å². The molecule has 0 fully saturated rings. The fourth-order valence-corrected chi connectivity index (χ4v) is 3.93. The molecule has 0 aromatic heterocycles. The van der Waals surface area contributed by atoms with Crippen molar-refractivity contribution in [1.82, 2.24) is 0 Å². The van der Waals surface area contributed by atoms with E-state index in [1.165, 1.54) is 128 Å². The third-order valence-electron chi connectivity index (χ3n) is 5.98. The van der Waals surface area contributed by atoms with Crippen molar-refractivity contribution >= 4 is 0 Å². The summed E-state index contributed by atoms with van der Waals surface area (Å²) in [5.41, 5.74) is 0. The van der Waals surface area contributed by atoms with E-state index in [0.717, 1.165) is 12.8 Å². The summed E-state index contributed by atoms with van der Waals surface area (Å²) >= 11 is 0. The Kier molecular flexibility index (Phi) is 24.4. The van der Waals surface area contributed by atoms with Gasteiger partial charge >= 0.3 is 0 Å². The van der Waals surface area contributed by atoms with Crippen LogP contribution >= 0.6 is 0 Å². The molecule has 0 spiro atoms. The van der Waals surface area contributed by atoms with Crippen molar-refractivity contribution < 1.29 is 0 Å². The maximum Gasteiger partial charge on any atom is 0.0808 e. The van der Waals surface area contributed by atoms with Crippen molar-refractivity contribution in [3.63, 3.8) is 0 Å². The molecule has 1 unspecified atom stereocenters. The molecule has 0 heteroatoms. The molecular formula is C29H52. The Hall–Kier alpha value is -0.880. The van der Waals surface area contributed by atoms with E-state index in [0.29, 0.717) is 0 Å². The summed E-state index contributed by atoms with van der Waals surface area (Å²) in [5, 5.41) is 0. The van der Waals surface area contributed by atoms with Crippen LogP contribution in [0.1, 0.15) is 155 Å². The first-order valence-corrected chi connectivity index (χ1v) is 13.3. The van der Waals surface area contributed by atoms with Gasteiger partial charge in [-0.05, 0) is 12.8 Å². The topological polar surface area (TPSA) is 0 Å². The third kappa shape index (κ3) is 23.3. The van der Waals surface area contributed by atoms with E-state index in [4.69, 9.17) is 6.42 Å². The Morgan fingerprint density at radius 2 is 0.897 bits per heavy atom. The van der Waals surface area contributed by atoms with Crippen LogP contribution in [-0.2, 0) is 0 Å². The van der Waals surface area contributed by atoms with Crippen LogP contribution in [0.5, 0.6) is 0 Å². The number of unbranched alkanes of at least 4 members (excludes halogenated alkanes) is 19. The second kappa shape index (κ2) is 25.2. The van der Waals surface area contributed by atoms with Gasteiger partial charge in [0.2, 0.25) is 0 Å². The molecule has 0 amide bonds. The molecule has 0 nitrogen and oxygen atoms in total. The largest absolute Gasteiger partial charge is 0.119 e. The Labute approximate surface area is 185 Å². The Morgan fingerprint density at radius 3 is 1.31 bits per heavy atom. The van der Waals surface area contributed by atoms with Crippen molar-refractivity contribution in [3.05, 3.63) is 0 Å². The van der Waals surface area contributed by atoms with Crippen molar-refractivity contribution in [2.45, 2.75) is 155 Å². The standard InChI is InChI=1S/C29H52/c1-4-7-9-11-13-15-17-18-20-22-24-26-28-29(6-3)27-25-23-21-19-16-14-12-10-8-5-2/h3,29H,4-5,7-25,27H2,1-2H3. The lowest BCUT2D eigenvalue weighted by atomic mass is 10.0. The van der Waals surface area contributed by atoms with Crippen LogP contribution in [0, 0.1) is 30.1 Å². The monoisotopic (exact) mass is 400 g/mol. The fourth-order valence-electron chi connectivity index (χ4n) is 3.93. The van der Waals surface area contributed by atoms with Crippen molar-refractivity contribution in [2.75, 3.05) is 0 Å². The van der Waals surface area contributed by atoms with E-state index >= 15 is 0 Å². The van der Waals surface area contributed by atoms with E-state index in [9.17, 15) is 0 Å². The molecule has 0 saturated heterocycles. The third-order valence-corrected chi connectivity index (χ3v) is 5.98. The van der Waals surface area contributed by atoms with Crippen LogP contribution in [0.2, 0.25) is 0 Å². The Bertz CT molecular complexity index is 402. The summed E-state index contributed by atoms with van der Waals surface area (Å²) in [6.07, 6.45) is 35.5. The fraction of sp³-hybridized carbons (Fsp3) is 0.862. The van der Waals surface area contributed by atoms with Gasteiger partial charge in [0.1, 0.15) is 0 Å². The highest BCUT2D eigenvalue weighted by Gasteiger charge is 2.00. The van der Waals surface area contributed by atoms with Gasteiger partial charge in [-0.15, -0.1) is 12.3 Å². The summed E-state index contributed by atoms with van der Waals surface area (Å²) in [6.45, 7) is 4.57. The van der Waals surface area contributed by atoms with E-state index in [2.05, 4.69) is 31.6 Å². The molecule has 0 aliphatic heterocycles.